The number of ether oxygens (including phenoxy) is 1. The Labute approximate surface area is 165 Å². The van der Waals surface area contributed by atoms with Crippen molar-refractivity contribution in [3.63, 3.8) is 0 Å². The summed E-state index contributed by atoms with van der Waals surface area (Å²) in [6.07, 6.45) is 1.82. The summed E-state index contributed by atoms with van der Waals surface area (Å²) in [6.45, 7) is 2.94. The molecule has 1 fully saturated rings. The van der Waals surface area contributed by atoms with E-state index in [4.69, 9.17) is 9.72 Å². The maximum atomic E-state index is 5.45. The third-order valence-corrected chi connectivity index (χ3v) is 5.41. The number of hydrogen-bond acceptors (Lipinski definition) is 8. The summed E-state index contributed by atoms with van der Waals surface area (Å²) in [5.74, 6) is 1.32. The smallest absolute Gasteiger partial charge is 0.226 e. The van der Waals surface area contributed by atoms with Crippen LogP contribution >= 0.6 is 11.3 Å². The summed E-state index contributed by atoms with van der Waals surface area (Å²) < 4.78 is 7.16. The largest absolute Gasteiger partial charge is 0.378 e. The van der Waals surface area contributed by atoms with Gasteiger partial charge in [-0.1, -0.05) is 24.3 Å². The first kappa shape index (κ1) is 17.0. The standard InChI is InChI=1S/C19H17N7OS/c1-2-5-14(6-3-1)26-18(22-23-24-26)15-13-20-19(25-8-10-27-11-9-25)21-17(15)16-7-4-12-28-16/h1-7,12-13H,8-11H2. The van der Waals surface area contributed by atoms with E-state index in [0.29, 0.717) is 25.0 Å². The molecule has 5 rings (SSSR count). The highest BCUT2D eigenvalue weighted by Gasteiger charge is 2.21. The van der Waals surface area contributed by atoms with Gasteiger partial charge in [0.25, 0.3) is 0 Å². The zero-order valence-corrected chi connectivity index (χ0v) is 15.8. The van der Waals surface area contributed by atoms with E-state index < -0.39 is 0 Å². The van der Waals surface area contributed by atoms with Crippen LogP contribution in [0.4, 0.5) is 5.95 Å². The Morgan fingerprint density at radius 3 is 2.64 bits per heavy atom. The molecule has 0 bridgehead atoms. The molecule has 0 aliphatic carbocycles. The van der Waals surface area contributed by atoms with Crippen LogP contribution in [0.1, 0.15) is 0 Å². The van der Waals surface area contributed by atoms with Gasteiger partial charge in [0.1, 0.15) is 0 Å². The van der Waals surface area contributed by atoms with Crippen LogP contribution in [-0.4, -0.2) is 56.5 Å². The summed E-state index contributed by atoms with van der Waals surface area (Å²) in [7, 11) is 0. The number of rotatable bonds is 4. The number of nitrogens with zero attached hydrogens (tertiary/aromatic N) is 7. The van der Waals surface area contributed by atoms with Crippen molar-refractivity contribution in [3.05, 3.63) is 54.0 Å². The minimum Gasteiger partial charge on any atom is -0.378 e. The zero-order valence-electron chi connectivity index (χ0n) is 15.0. The Balaban J connectivity index is 1.63. The summed E-state index contributed by atoms with van der Waals surface area (Å²) in [5, 5.41) is 14.4. The van der Waals surface area contributed by atoms with E-state index in [0.717, 1.165) is 34.9 Å². The number of thiophene rings is 1. The predicted octanol–water partition coefficient (Wildman–Crippen LogP) is 2.68. The molecule has 4 heterocycles. The number of aromatic nitrogens is 6. The molecular weight excluding hydrogens is 374 g/mol. The second kappa shape index (κ2) is 7.45. The molecule has 1 aliphatic heterocycles. The quantitative estimate of drug-likeness (QED) is 0.529. The van der Waals surface area contributed by atoms with Crippen molar-refractivity contribution < 1.29 is 4.74 Å². The molecule has 140 valence electrons. The first-order valence-corrected chi connectivity index (χ1v) is 9.86. The van der Waals surface area contributed by atoms with Crippen LogP contribution in [-0.2, 0) is 4.74 Å². The third kappa shape index (κ3) is 3.14. The summed E-state index contributed by atoms with van der Waals surface area (Å²) >= 11 is 1.63. The van der Waals surface area contributed by atoms with Crippen molar-refractivity contribution in [2.45, 2.75) is 0 Å². The summed E-state index contributed by atoms with van der Waals surface area (Å²) in [5.41, 5.74) is 2.52. The molecule has 0 spiro atoms. The van der Waals surface area contributed by atoms with Gasteiger partial charge in [-0.2, -0.15) is 4.68 Å². The average Bonchev–Trinajstić information content (AvgIpc) is 3.47. The lowest BCUT2D eigenvalue weighted by Crippen LogP contribution is -2.37. The van der Waals surface area contributed by atoms with Gasteiger partial charge in [0, 0.05) is 19.3 Å². The first-order chi connectivity index (χ1) is 13.9. The first-order valence-electron chi connectivity index (χ1n) is 8.98. The maximum absolute atomic E-state index is 5.45. The average molecular weight is 391 g/mol. The Morgan fingerprint density at radius 1 is 1.00 bits per heavy atom. The Morgan fingerprint density at radius 2 is 1.86 bits per heavy atom. The topological polar surface area (TPSA) is 81.9 Å². The number of tetrazole rings is 1. The lowest BCUT2D eigenvalue weighted by Gasteiger charge is -2.27. The van der Waals surface area contributed by atoms with E-state index in [2.05, 4.69) is 31.5 Å². The number of benzene rings is 1. The zero-order chi connectivity index (χ0) is 18.8. The normalized spacial score (nSPS) is 14.4. The maximum Gasteiger partial charge on any atom is 0.226 e. The minimum absolute atomic E-state index is 0.614. The van der Waals surface area contributed by atoms with Gasteiger partial charge in [-0.25, -0.2) is 9.97 Å². The Bertz CT molecular complexity index is 1060. The fourth-order valence-electron chi connectivity index (χ4n) is 3.15. The van der Waals surface area contributed by atoms with Crippen molar-refractivity contribution in [2.75, 3.05) is 31.2 Å². The van der Waals surface area contributed by atoms with E-state index in [1.807, 2.05) is 48.0 Å². The number of morpholine rings is 1. The number of hydrogen-bond donors (Lipinski definition) is 0. The SMILES string of the molecule is c1ccc(-n2nnnc2-c2cnc(N3CCOCC3)nc2-c2cccs2)cc1. The summed E-state index contributed by atoms with van der Waals surface area (Å²) in [6, 6.07) is 13.9. The molecule has 3 aromatic heterocycles. The van der Waals surface area contributed by atoms with Crippen molar-refractivity contribution in [2.24, 2.45) is 0 Å². The van der Waals surface area contributed by atoms with Gasteiger partial charge in [0.2, 0.25) is 5.95 Å². The molecule has 28 heavy (non-hydrogen) atoms. The van der Waals surface area contributed by atoms with Crippen molar-refractivity contribution in [1.29, 1.82) is 0 Å². The molecule has 9 heteroatoms. The van der Waals surface area contributed by atoms with Crippen LogP contribution in [0.15, 0.2) is 54.0 Å². The van der Waals surface area contributed by atoms with Crippen LogP contribution in [0, 0.1) is 0 Å². The second-order valence-corrected chi connectivity index (χ2v) is 7.21. The Hall–Kier alpha value is -3.17. The second-order valence-electron chi connectivity index (χ2n) is 6.26. The highest BCUT2D eigenvalue weighted by atomic mass is 32.1. The van der Waals surface area contributed by atoms with Crippen LogP contribution in [0.3, 0.4) is 0 Å². The fourth-order valence-corrected chi connectivity index (χ4v) is 3.88. The van der Waals surface area contributed by atoms with Crippen LogP contribution in [0.25, 0.3) is 27.6 Å². The van der Waals surface area contributed by atoms with E-state index in [9.17, 15) is 0 Å². The van der Waals surface area contributed by atoms with E-state index in [1.165, 1.54) is 0 Å². The molecule has 0 unspecified atom stereocenters. The van der Waals surface area contributed by atoms with Gasteiger partial charge in [-0.15, -0.1) is 16.4 Å². The van der Waals surface area contributed by atoms with E-state index in [1.54, 1.807) is 16.0 Å². The molecule has 0 atom stereocenters. The van der Waals surface area contributed by atoms with Gasteiger partial charge >= 0.3 is 0 Å². The number of para-hydroxylation sites is 1. The lowest BCUT2D eigenvalue weighted by molar-refractivity contribution is 0.122. The molecule has 8 nitrogen and oxygen atoms in total. The Kier molecular flexibility index (Phi) is 4.51. The lowest BCUT2D eigenvalue weighted by atomic mass is 10.2. The van der Waals surface area contributed by atoms with Crippen molar-refractivity contribution in [3.8, 4) is 27.6 Å². The monoisotopic (exact) mass is 391 g/mol. The van der Waals surface area contributed by atoms with Crippen LogP contribution in [0.5, 0.6) is 0 Å². The molecule has 0 amide bonds. The molecule has 1 aliphatic rings. The molecular formula is C19H17N7OS. The molecule has 1 saturated heterocycles. The number of anilines is 1. The van der Waals surface area contributed by atoms with Gasteiger partial charge in [0.05, 0.1) is 35.0 Å². The van der Waals surface area contributed by atoms with Gasteiger partial charge in [-0.3, -0.25) is 0 Å². The van der Waals surface area contributed by atoms with E-state index >= 15 is 0 Å². The van der Waals surface area contributed by atoms with Crippen LogP contribution in [0.2, 0.25) is 0 Å². The summed E-state index contributed by atoms with van der Waals surface area (Å²) in [4.78, 5) is 12.7. The molecule has 0 N–H and O–H groups in total. The minimum atomic E-state index is 0.614. The molecule has 4 aromatic rings. The van der Waals surface area contributed by atoms with Crippen molar-refractivity contribution in [1.82, 2.24) is 30.2 Å². The van der Waals surface area contributed by atoms with Crippen LogP contribution < -0.4 is 4.90 Å². The van der Waals surface area contributed by atoms with Crippen molar-refractivity contribution >= 4 is 17.3 Å². The molecule has 0 saturated carbocycles. The van der Waals surface area contributed by atoms with Gasteiger partial charge in [-0.05, 0) is 34.0 Å². The molecule has 0 radical (unpaired) electrons. The molecule has 1 aromatic carbocycles. The van der Waals surface area contributed by atoms with Gasteiger partial charge in [0.15, 0.2) is 5.82 Å². The predicted molar refractivity (Wildman–Crippen MR) is 107 cm³/mol. The fraction of sp³-hybridized carbons (Fsp3) is 0.211. The highest BCUT2D eigenvalue weighted by Crippen LogP contribution is 2.33. The van der Waals surface area contributed by atoms with E-state index in [-0.39, 0.29) is 0 Å². The highest BCUT2D eigenvalue weighted by molar-refractivity contribution is 7.13. The van der Waals surface area contributed by atoms with Gasteiger partial charge < -0.3 is 9.64 Å². The third-order valence-electron chi connectivity index (χ3n) is 4.54.